The van der Waals surface area contributed by atoms with Gasteiger partial charge in [-0.05, 0) is 29.3 Å². The molecule has 4 aromatic carbocycles. The van der Waals surface area contributed by atoms with Crippen LogP contribution in [0.5, 0.6) is 0 Å². The smallest absolute Gasteiger partial charge is 0.160 e. The molecule has 0 aliphatic rings. The van der Waals surface area contributed by atoms with Crippen molar-refractivity contribution in [1.29, 1.82) is 0 Å². The molecule has 0 radical (unpaired) electrons. The van der Waals surface area contributed by atoms with Gasteiger partial charge in [0, 0.05) is 21.7 Å². The molecule has 0 unspecified atom stereocenters. The van der Waals surface area contributed by atoms with E-state index in [1.165, 1.54) is 0 Å². The lowest BCUT2D eigenvalue weighted by atomic mass is 9.96. The Bertz CT molecular complexity index is 1260. The van der Waals surface area contributed by atoms with Crippen LogP contribution in [0.2, 0.25) is 5.02 Å². The maximum Gasteiger partial charge on any atom is 0.160 e. The number of halogens is 1. The number of aromatic nitrogens is 2. The zero-order valence-electron chi connectivity index (χ0n) is 16.7. The van der Waals surface area contributed by atoms with Crippen molar-refractivity contribution >= 4 is 11.6 Å². The zero-order valence-corrected chi connectivity index (χ0v) is 17.5. The van der Waals surface area contributed by atoms with Crippen LogP contribution < -0.4 is 0 Å². The third kappa shape index (κ3) is 4.11. The zero-order chi connectivity index (χ0) is 21.0. The van der Waals surface area contributed by atoms with Gasteiger partial charge in [0.1, 0.15) is 0 Å². The molecule has 0 amide bonds. The van der Waals surface area contributed by atoms with Crippen LogP contribution in [0.25, 0.3) is 45.0 Å². The summed E-state index contributed by atoms with van der Waals surface area (Å²) in [5.41, 5.74) is 6.93. The minimum absolute atomic E-state index is 0.677. The average molecular weight is 419 g/mol. The van der Waals surface area contributed by atoms with Gasteiger partial charge in [-0.15, -0.1) is 0 Å². The van der Waals surface area contributed by atoms with Gasteiger partial charge in [-0.2, -0.15) is 0 Å². The number of hydrogen-bond acceptors (Lipinski definition) is 2. The monoisotopic (exact) mass is 418 g/mol. The Morgan fingerprint density at radius 3 is 1.65 bits per heavy atom. The minimum atomic E-state index is 0.677. The maximum absolute atomic E-state index is 6.42. The van der Waals surface area contributed by atoms with Gasteiger partial charge in [-0.1, -0.05) is 109 Å². The molecule has 1 heterocycles. The Hall–Kier alpha value is -3.75. The molecule has 0 aliphatic carbocycles. The first-order valence-corrected chi connectivity index (χ1v) is 10.5. The molecule has 0 saturated heterocycles. The molecule has 0 spiro atoms. The Morgan fingerprint density at radius 1 is 0.452 bits per heavy atom. The molecule has 2 nitrogen and oxygen atoms in total. The van der Waals surface area contributed by atoms with Crippen LogP contribution in [0, 0.1) is 0 Å². The summed E-state index contributed by atoms with van der Waals surface area (Å²) in [4.78, 5) is 9.84. The molecule has 3 heteroatoms. The summed E-state index contributed by atoms with van der Waals surface area (Å²) < 4.78 is 0. The molecular formula is C28H19ClN2. The van der Waals surface area contributed by atoms with Crippen LogP contribution in [0.4, 0.5) is 0 Å². The van der Waals surface area contributed by atoms with Crippen LogP contribution in [0.15, 0.2) is 115 Å². The van der Waals surface area contributed by atoms with Gasteiger partial charge >= 0.3 is 0 Å². The van der Waals surface area contributed by atoms with Gasteiger partial charge < -0.3 is 0 Å². The van der Waals surface area contributed by atoms with Crippen molar-refractivity contribution < 1.29 is 0 Å². The lowest BCUT2D eigenvalue weighted by Crippen LogP contribution is -1.97. The molecule has 0 N–H and O–H groups in total. The largest absolute Gasteiger partial charge is 0.228 e. The first-order chi connectivity index (χ1) is 15.3. The predicted octanol–water partition coefficient (Wildman–Crippen LogP) is 7.80. The fourth-order valence-corrected chi connectivity index (χ4v) is 3.83. The number of benzene rings is 4. The Labute approximate surface area is 186 Å². The van der Waals surface area contributed by atoms with E-state index in [1.54, 1.807) is 0 Å². The van der Waals surface area contributed by atoms with E-state index >= 15 is 0 Å². The molecule has 5 aromatic rings. The third-order valence-corrected chi connectivity index (χ3v) is 5.41. The summed E-state index contributed by atoms with van der Waals surface area (Å²) >= 11 is 6.42. The van der Waals surface area contributed by atoms with Crippen LogP contribution in [-0.2, 0) is 0 Å². The lowest BCUT2D eigenvalue weighted by Gasteiger charge is -2.13. The topological polar surface area (TPSA) is 25.8 Å². The van der Waals surface area contributed by atoms with Crippen molar-refractivity contribution in [2.75, 3.05) is 0 Å². The first-order valence-electron chi connectivity index (χ1n) is 10.1. The fraction of sp³-hybridized carbons (Fsp3) is 0. The Balaban J connectivity index is 1.76. The van der Waals surface area contributed by atoms with E-state index in [0.29, 0.717) is 10.8 Å². The normalized spacial score (nSPS) is 10.7. The van der Waals surface area contributed by atoms with Gasteiger partial charge in [0.25, 0.3) is 0 Å². The Morgan fingerprint density at radius 2 is 1.00 bits per heavy atom. The van der Waals surface area contributed by atoms with E-state index in [9.17, 15) is 0 Å². The quantitative estimate of drug-likeness (QED) is 0.297. The van der Waals surface area contributed by atoms with Crippen LogP contribution in [-0.4, -0.2) is 9.97 Å². The van der Waals surface area contributed by atoms with E-state index < -0.39 is 0 Å². The van der Waals surface area contributed by atoms with Crippen LogP contribution >= 0.6 is 11.6 Å². The summed E-state index contributed by atoms with van der Waals surface area (Å²) in [6.45, 7) is 0. The predicted molar refractivity (Wildman–Crippen MR) is 129 cm³/mol. The summed E-state index contributed by atoms with van der Waals surface area (Å²) in [6.07, 6.45) is 0. The summed E-state index contributed by atoms with van der Waals surface area (Å²) in [6, 6.07) is 38.6. The number of nitrogens with zero attached hydrogens (tertiary/aromatic N) is 2. The second kappa shape index (κ2) is 8.55. The van der Waals surface area contributed by atoms with E-state index in [2.05, 4.69) is 30.3 Å². The van der Waals surface area contributed by atoms with Crippen molar-refractivity contribution in [1.82, 2.24) is 9.97 Å². The molecule has 1 aromatic heterocycles. The number of hydrogen-bond donors (Lipinski definition) is 0. The second-order valence-corrected chi connectivity index (χ2v) is 7.69. The third-order valence-electron chi connectivity index (χ3n) is 5.17. The van der Waals surface area contributed by atoms with Crippen LogP contribution in [0.3, 0.4) is 0 Å². The van der Waals surface area contributed by atoms with Gasteiger partial charge in [0.15, 0.2) is 5.82 Å². The van der Waals surface area contributed by atoms with Crippen molar-refractivity contribution in [3.63, 3.8) is 0 Å². The number of rotatable bonds is 4. The molecule has 5 rings (SSSR count). The highest BCUT2D eigenvalue weighted by molar-refractivity contribution is 6.31. The summed E-state index contributed by atoms with van der Waals surface area (Å²) in [7, 11) is 0. The van der Waals surface area contributed by atoms with Gasteiger partial charge in [-0.3, -0.25) is 0 Å². The molecule has 148 valence electrons. The molecule has 31 heavy (non-hydrogen) atoms. The first kappa shape index (κ1) is 19.2. The van der Waals surface area contributed by atoms with Crippen molar-refractivity contribution in [2.45, 2.75) is 0 Å². The average Bonchev–Trinajstić information content (AvgIpc) is 2.85. The SMILES string of the molecule is Clc1ccc(-c2ccccc2)c(-c2cc(-c3ccccc3)nc(-c3ccccc3)n2)c1. The molecular weight excluding hydrogens is 400 g/mol. The molecule has 0 atom stereocenters. The standard InChI is InChI=1S/C28H19ClN2/c29-23-16-17-24(20-10-4-1-5-11-20)25(18-23)27-19-26(21-12-6-2-7-13-21)30-28(31-27)22-14-8-3-9-15-22/h1-19H. The highest BCUT2D eigenvalue weighted by Gasteiger charge is 2.14. The fourth-order valence-electron chi connectivity index (χ4n) is 3.66. The molecule has 0 aliphatic heterocycles. The van der Waals surface area contributed by atoms with Crippen LogP contribution in [0.1, 0.15) is 0 Å². The van der Waals surface area contributed by atoms with E-state index in [-0.39, 0.29) is 0 Å². The maximum atomic E-state index is 6.42. The van der Waals surface area contributed by atoms with Gasteiger partial charge in [-0.25, -0.2) is 9.97 Å². The van der Waals surface area contributed by atoms with E-state index in [1.807, 2.05) is 84.9 Å². The second-order valence-electron chi connectivity index (χ2n) is 7.25. The van der Waals surface area contributed by atoms with Gasteiger partial charge in [0.2, 0.25) is 0 Å². The molecule has 0 bridgehead atoms. The molecule has 0 fully saturated rings. The minimum Gasteiger partial charge on any atom is -0.228 e. The highest BCUT2D eigenvalue weighted by atomic mass is 35.5. The highest BCUT2D eigenvalue weighted by Crippen LogP contribution is 2.35. The van der Waals surface area contributed by atoms with E-state index in [0.717, 1.165) is 39.2 Å². The van der Waals surface area contributed by atoms with Crippen molar-refractivity contribution in [2.24, 2.45) is 0 Å². The lowest BCUT2D eigenvalue weighted by molar-refractivity contribution is 1.18. The van der Waals surface area contributed by atoms with Crippen molar-refractivity contribution in [3.05, 3.63) is 120 Å². The Kier molecular flexibility index (Phi) is 5.30. The van der Waals surface area contributed by atoms with E-state index in [4.69, 9.17) is 21.6 Å². The van der Waals surface area contributed by atoms with Gasteiger partial charge in [0.05, 0.1) is 11.4 Å². The summed E-state index contributed by atoms with van der Waals surface area (Å²) in [5, 5.41) is 0.677. The molecule has 0 saturated carbocycles. The van der Waals surface area contributed by atoms with Crippen molar-refractivity contribution in [3.8, 4) is 45.0 Å². The summed E-state index contributed by atoms with van der Waals surface area (Å²) in [5.74, 6) is 0.691.